The molecule has 0 aromatic heterocycles. The second kappa shape index (κ2) is 7.36. The number of sulfonamides is 1. The monoisotopic (exact) mass is 332 g/mol. The van der Waals surface area contributed by atoms with Crippen molar-refractivity contribution in [3.05, 3.63) is 30.1 Å². The quantitative estimate of drug-likeness (QED) is 0.803. The van der Waals surface area contributed by atoms with E-state index in [-0.39, 0.29) is 12.4 Å². The molecule has 0 amide bonds. The predicted molar refractivity (Wildman–Crippen MR) is 80.8 cm³/mol. The van der Waals surface area contributed by atoms with E-state index in [1.54, 1.807) is 0 Å². The van der Waals surface area contributed by atoms with Gasteiger partial charge in [-0.2, -0.15) is 4.31 Å². The molecule has 1 aliphatic rings. The maximum absolute atomic E-state index is 12.8. The molecule has 2 rings (SSSR count). The maximum Gasteiger partial charge on any atom is 0.211 e. The maximum atomic E-state index is 12.8. The van der Waals surface area contributed by atoms with E-state index in [2.05, 4.69) is 0 Å². The fourth-order valence-electron chi connectivity index (χ4n) is 2.32. The molecule has 1 atom stereocenters. The van der Waals surface area contributed by atoms with Gasteiger partial charge in [0, 0.05) is 32.7 Å². The Morgan fingerprint density at radius 1 is 1.23 bits per heavy atom. The Balaban J connectivity index is 1.72. The number of benzene rings is 1. The lowest BCUT2D eigenvalue weighted by molar-refractivity contribution is 0.0569. The third kappa shape index (κ3) is 5.20. The highest BCUT2D eigenvalue weighted by Gasteiger charge is 2.24. The molecular formula is C14H21FN2O4S. The van der Waals surface area contributed by atoms with Crippen LogP contribution in [0.1, 0.15) is 0 Å². The summed E-state index contributed by atoms with van der Waals surface area (Å²) in [5, 5.41) is 9.97. The Morgan fingerprint density at radius 2 is 1.82 bits per heavy atom. The van der Waals surface area contributed by atoms with Gasteiger partial charge in [0.25, 0.3) is 0 Å². The summed E-state index contributed by atoms with van der Waals surface area (Å²) in [5.41, 5.74) is 0. The average molecular weight is 332 g/mol. The van der Waals surface area contributed by atoms with Crippen molar-refractivity contribution < 1.29 is 22.7 Å². The van der Waals surface area contributed by atoms with Crippen LogP contribution in [-0.4, -0.2) is 74.4 Å². The summed E-state index contributed by atoms with van der Waals surface area (Å²) in [7, 11) is -3.14. The summed E-state index contributed by atoms with van der Waals surface area (Å²) in [4.78, 5) is 2.00. The highest BCUT2D eigenvalue weighted by molar-refractivity contribution is 7.88. The number of β-amino-alcohol motifs (C(OH)–C–C–N with tert-alkyl or cyclic N) is 1. The molecule has 1 aliphatic heterocycles. The number of rotatable bonds is 6. The van der Waals surface area contributed by atoms with Gasteiger partial charge in [0.2, 0.25) is 10.0 Å². The van der Waals surface area contributed by atoms with Crippen molar-refractivity contribution in [1.82, 2.24) is 9.21 Å². The van der Waals surface area contributed by atoms with E-state index in [0.29, 0.717) is 38.5 Å². The Morgan fingerprint density at radius 3 is 2.36 bits per heavy atom. The molecule has 1 aromatic rings. The number of halogens is 1. The minimum Gasteiger partial charge on any atom is -0.491 e. The van der Waals surface area contributed by atoms with Crippen molar-refractivity contribution in [3.8, 4) is 5.75 Å². The lowest BCUT2D eigenvalue weighted by atomic mass is 10.3. The summed E-state index contributed by atoms with van der Waals surface area (Å²) in [6, 6.07) is 5.61. The Kier molecular flexibility index (Phi) is 5.74. The number of ether oxygens (including phenoxy) is 1. The van der Waals surface area contributed by atoms with E-state index in [0.717, 1.165) is 0 Å². The van der Waals surface area contributed by atoms with E-state index >= 15 is 0 Å². The van der Waals surface area contributed by atoms with Gasteiger partial charge in [-0.15, -0.1) is 0 Å². The molecule has 0 radical (unpaired) electrons. The zero-order valence-electron chi connectivity index (χ0n) is 12.5. The Hall–Kier alpha value is -1.22. The summed E-state index contributed by atoms with van der Waals surface area (Å²) < 4.78 is 42.4. The third-order valence-electron chi connectivity index (χ3n) is 3.53. The van der Waals surface area contributed by atoms with Crippen molar-refractivity contribution in [2.75, 3.05) is 45.6 Å². The van der Waals surface area contributed by atoms with Crippen LogP contribution in [0.2, 0.25) is 0 Å². The number of nitrogens with zero attached hydrogens (tertiary/aromatic N) is 2. The first kappa shape index (κ1) is 17.1. The van der Waals surface area contributed by atoms with Crippen LogP contribution in [0.5, 0.6) is 5.75 Å². The zero-order chi connectivity index (χ0) is 16.2. The summed E-state index contributed by atoms with van der Waals surface area (Å²) >= 11 is 0. The molecule has 124 valence electrons. The summed E-state index contributed by atoms with van der Waals surface area (Å²) in [5.74, 6) is 0.166. The largest absolute Gasteiger partial charge is 0.491 e. The molecule has 8 heteroatoms. The van der Waals surface area contributed by atoms with Gasteiger partial charge in [-0.1, -0.05) is 0 Å². The first-order chi connectivity index (χ1) is 10.3. The van der Waals surface area contributed by atoms with Crippen molar-refractivity contribution >= 4 is 10.0 Å². The zero-order valence-corrected chi connectivity index (χ0v) is 13.3. The summed E-state index contributed by atoms with van der Waals surface area (Å²) in [6.45, 7) is 2.56. The van der Waals surface area contributed by atoms with Gasteiger partial charge in [-0.05, 0) is 24.3 Å². The predicted octanol–water partition coefficient (Wildman–Crippen LogP) is 0.143. The molecule has 1 fully saturated rings. The fourth-order valence-corrected chi connectivity index (χ4v) is 3.14. The standard InChI is InChI=1S/C14H21FN2O4S/c1-22(19,20)17-8-6-16(7-9-17)10-13(18)11-21-14-4-2-12(15)3-5-14/h2-5,13,18H,6-11H2,1H3/t13-/m0/s1. The van der Waals surface area contributed by atoms with Crippen LogP contribution >= 0.6 is 0 Å². The highest BCUT2D eigenvalue weighted by atomic mass is 32.2. The van der Waals surface area contributed by atoms with Gasteiger partial charge in [0.15, 0.2) is 0 Å². The molecule has 0 unspecified atom stereocenters. The van der Waals surface area contributed by atoms with E-state index < -0.39 is 16.1 Å². The van der Waals surface area contributed by atoms with Crippen LogP contribution in [0.25, 0.3) is 0 Å². The SMILES string of the molecule is CS(=O)(=O)N1CCN(C[C@H](O)COc2ccc(F)cc2)CC1. The lowest BCUT2D eigenvalue weighted by Gasteiger charge is -2.34. The van der Waals surface area contributed by atoms with Crippen molar-refractivity contribution in [2.24, 2.45) is 0 Å². The van der Waals surface area contributed by atoms with Crippen molar-refractivity contribution in [2.45, 2.75) is 6.10 Å². The number of piperazine rings is 1. The second-order valence-electron chi connectivity index (χ2n) is 5.38. The van der Waals surface area contributed by atoms with Gasteiger partial charge in [-0.25, -0.2) is 12.8 Å². The molecule has 0 aliphatic carbocycles. The third-order valence-corrected chi connectivity index (χ3v) is 4.83. The molecule has 0 spiro atoms. The molecule has 6 nitrogen and oxygen atoms in total. The molecule has 1 saturated heterocycles. The first-order valence-electron chi connectivity index (χ1n) is 7.08. The smallest absolute Gasteiger partial charge is 0.211 e. The second-order valence-corrected chi connectivity index (χ2v) is 7.36. The molecule has 1 aromatic carbocycles. The van der Waals surface area contributed by atoms with Crippen molar-refractivity contribution in [3.63, 3.8) is 0 Å². The van der Waals surface area contributed by atoms with Crippen LogP contribution < -0.4 is 4.74 Å². The fraction of sp³-hybridized carbons (Fsp3) is 0.571. The van der Waals surface area contributed by atoms with Crippen LogP contribution in [0.3, 0.4) is 0 Å². The molecule has 0 saturated carbocycles. The minimum atomic E-state index is -3.14. The van der Waals surface area contributed by atoms with Gasteiger partial charge < -0.3 is 9.84 Å². The number of hydrogen-bond donors (Lipinski definition) is 1. The van der Waals surface area contributed by atoms with Crippen LogP contribution in [0.4, 0.5) is 4.39 Å². The molecular weight excluding hydrogens is 311 g/mol. The van der Waals surface area contributed by atoms with E-state index in [1.165, 1.54) is 34.8 Å². The van der Waals surface area contributed by atoms with Crippen LogP contribution in [0, 0.1) is 5.82 Å². The Labute approximate surface area is 130 Å². The lowest BCUT2D eigenvalue weighted by Crippen LogP contribution is -2.50. The van der Waals surface area contributed by atoms with Crippen molar-refractivity contribution in [1.29, 1.82) is 0 Å². The minimum absolute atomic E-state index is 0.109. The molecule has 1 N–H and O–H groups in total. The van der Waals surface area contributed by atoms with E-state index in [9.17, 15) is 17.9 Å². The van der Waals surface area contributed by atoms with Crippen LogP contribution in [-0.2, 0) is 10.0 Å². The van der Waals surface area contributed by atoms with Crippen LogP contribution in [0.15, 0.2) is 24.3 Å². The highest BCUT2D eigenvalue weighted by Crippen LogP contribution is 2.12. The van der Waals surface area contributed by atoms with Gasteiger partial charge in [0.1, 0.15) is 24.3 Å². The molecule has 22 heavy (non-hydrogen) atoms. The topological polar surface area (TPSA) is 70.1 Å². The normalized spacial score (nSPS) is 19.0. The number of aliphatic hydroxyl groups is 1. The van der Waals surface area contributed by atoms with Gasteiger partial charge >= 0.3 is 0 Å². The summed E-state index contributed by atoms with van der Waals surface area (Å²) in [6.07, 6.45) is 0.517. The molecule has 0 bridgehead atoms. The van der Waals surface area contributed by atoms with Gasteiger partial charge in [-0.3, -0.25) is 4.90 Å². The number of hydrogen-bond acceptors (Lipinski definition) is 5. The average Bonchev–Trinajstić information content (AvgIpc) is 2.46. The van der Waals surface area contributed by atoms with E-state index in [1.807, 2.05) is 4.90 Å². The first-order valence-corrected chi connectivity index (χ1v) is 8.93. The number of aliphatic hydroxyl groups excluding tert-OH is 1. The van der Waals surface area contributed by atoms with Gasteiger partial charge in [0.05, 0.1) is 6.26 Å². The molecule has 1 heterocycles. The van der Waals surface area contributed by atoms with E-state index in [4.69, 9.17) is 4.74 Å². The Bertz CT molecular complexity index is 571.